The number of carbonyl (C=O) groups excluding carboxylic acids is 2. The molecule has 1 rings (SSSR count). The van der Waals surface area contributed by atoms with Crippen LogP contribution in [0.3, 0.4) is 0 Å². The van der Waals surface area contributed by atoms with E-state index in [9.17, 15) is 22.8 Å². The molecule has 0 bridgehead atoms. The van der Waals surface area contributed by atoms with E-state index < -0.39 is 36.3 Å². The summed E-state index contributed by atoms with van der Waals surface area (Å²) in [4.78, 5) is 23.6. The first-order valence-corrected chi connectivity index (χ1v) is 7.55. The van der Waals surface area contributed by atoms with Crippen molar-refractivity contribution in [3.63, 3.8) is 0 Å². The van der Waals surface area contributed by atoms with Crippen LogP contribution in [0.15, 0.2) is 24.3 Å². The lowest BCUT2D eigenvalue weighted by atomic mass is 10.1. The van der Waals surface area contributed by atoms with Gasteiger partial charge in [0.1, 0.15) is 11.8 Å². The normalized spacial score (nSPS) is 12.9. The van der Waals surface area contributed by atoms with Crippen LogP contribution in [0.4, 0.5) is 23.7 Å². The van der Waals surface area contributed by atoms with E-state index in [0.29, 0.717) is 5.69 Å². The van der Waals surface area contributed by atoms with Crippen LogP contribution >= 0.6 is 0 Å². The van der Waals surface area contributed by atoms with Crippen LogP contribution in [0, 0.1) is 0 Å². The Morgan fingerprint density at radius 2 is 1.68 bits per heavy atom. The summed E-state index contributed by atoms with van der Waals surface area (Å²) in [6.45, 7) is 5.51. The first kappa shape index (κ1) is 20.6. The Balaban J connectivity index is 2.52. The van der Waals surface area contributed by atoms with Gasteiger partial charge in [-0.2, -0.15) is 13.2 Å². The Morgan fingerprint density at radius 3 is 2.16 bits per heavy atom. The molecule has 25 heavy (non-hydrogen) atoms. The number of carbonyl (C=O) groups is 2. The maximum atomic E-state index is 12.1. The van der Waals surface area contributed by atoms with Gasteiger partial charge in [-0.05, 0) is 52.0 Å². The molecule has 3 N–H and O–H groups in total. The first-order chi connectivity index (χ1) is 11.4. The van der Waals surface area contributed by atoms with Gasteiger partial charge in [0.15, 0.2) is 6.61 Å². The van der Waals surface area contributed by atoms with Crippen molar-refractivity contribution in [1.82, 2.24) is 10.6 Å². The molecular weight excluding hydrogens is 339 g/mol. The molecule has 0 aliphatic rings. The highest BCUT2D eigenvalue weighted by Gasteiger charge is 2.28. The Hall–Kier alpha value is -2.45. The van der Waals surface area contributed by atoms with Gasteiger partial charge in [0.2, 0.25) is 5.91 Å². The third-order valence-corrected chi connectivity index (χ3v) is 2.76. The van der Waals surface area contributed by atoms with Crippen molar-refractivity contribution in [2.75, 3.05) is 11.9 Å². The van der Waals surface area contributed by atoms with Crippen LogP contribution in [0.1, 0.15) is 27.7 Å². The van der Waals surface area contributed by atoms with E-state index in [0.717, 1.165) is 0 Å². The number of hydrogen-bond donors (Lipinski definition) is 3. The summed E-state index contributed by atoms with van der Waals surface area (Å²) < 4.78 is 40.8. The number of nitrogens with one attached hydrogen (secondary N) is 3. The van der Waals surface area contributed by atoms with Gasteiger partial charge in [-0.1, -0.05) is 0 Å². The number of benzene rings is 1. The number of urea groups is 1. The van der Waals surface area contributed by atoms with Crippen molar-refractivity contribution in [3.8, 4) is 5.75 Å². The Kier molecular flexibility index (Phi) is 6.66. The Bertz CT molecular complexity index is 595. The fourth-order valence-corrected chi connectivity index (χ4v) is 1.72. The van der Waals surface area contributed by atoms with Crippen molar-refractivity contribution in [3.05, 3.63) is 24.3 Å². The topological polar surface area (TPSA) is 79.5 Å². The number of rotatable bonds is 5. The van der Waals surface area contributed by atoms with Crippen molar-refractivity contribution in [1.29, 1.82) is 0 Å². The Labute approximate surface area is 144 Å². The molecule has 0 aliphatic carbocycles. The number of amides is 3. The molecule has 6 nitrogen and oxygen atoms in total. The van der Waals surface area contributed by atoms with Crippen LogP contribution in [-0.2, 0) is 4.79 Å². The molecule has 0 heterocycles. The number of halogens is 3. The zero-order chi connectivity index (χ0) is 19.3. The number of imide groups is 1. The highest BCUT2D eigenvalue weighted by Crippen LogP contribution is 2.20. The van der Waals surface area contributed by atoms with Crippen molar-refractivity contribution in [2.24, 2.45) is 0 Å². The van der Waals surface area contributed by atoms with E-state index in [1.54, 1.807) is 27.7 Å². The lowest BCUT2D eigenvalue weighted by molar-refractivity contribution is -0.153. The van der Waals surface area contributed by atoms with E-state index in [2.05, 4.69) is 20.7 Å². The highest BCUT2D eigenvalue weighted by atomic mass is 19.4. The van der Waals surface area contributed by atoms with Crippen molar-refractivity contribution in [2.45, 2.75) is 45.5 Å². The van der Waals surface area contributed by atoms with E-state index >= 15 is 0 Å². The smallest absolute Gasteiger partial charge is 0.422 e. The van der Waals surface area contributed by atoms with Crippen molar-refractivity contribution >= 4 is 17.6 Å². The predicted molar refractivity (Wildman–Crippen MR) is 87.5 cm³/mol. The van der Waals surface area contributed by atoms with Crippen LogP contribution in [0.2, 0.25) is 0 Å². The minimum absolute atomic E-state index is 0.0598. The summed E-state index contributed by atoms with van der Waals surface area (Å²) in [5.41, 5.74) is 0.0195. The molecule has 0 radical (unpaired) electrons. The maximum Gasteiger partial charge on any atom is 0.422 e. The quantitative estimate of drug-likeness (QED) is 0.753. The number of anilines is 1. The van der Waals surface area contributed by atoms with E-state index in [-0.39, 0.29) is 5.75 Å². The molecule has 3 amide bonds. The predicted octanol–water partition coefficient (Wildman–Crippen LogP) is 3.05. The fraction of sp³-hybridized carbons (Fsp3) is 0.500. The van der Waals surface area contributed by atoms with E-state index in [4.69, 9.17) is 0 Å². The van der Waals surface area contributed by atoms with E-state index in [1.165, 1.54) is 24.3 Å². The molecular formula is C16H22F3N3O3. The molecule has 0 saturated carbocycles. The molecule has 1 aromatic carbocycles. The lowest BCUT2D eigenvalue weighted by Crippen LogP contribution is -2.51. The van der Waals surface area contributed by atoms with Gasteiger partial charge >= 0.3 is 12.2 Å². The summed E-state index contributed by atoms with van der Waals surface area (Å²) in [7, 11) is 0. The maximum absolute atomic E-state index is 12.1. The second-order valence-electron chi connectivity index (χ2n) is 6.49. The second-order valence-corrected chi connectivity index (χ2v) is 6.49. The largest absolute Gasteiger partial charge is 0.484 e. The van der Waals surface area contributed by atoms with Crippen LogP contribution < -0.4 is 20.7 Å². The zero-order valence-corrected chi connectivity index (χ0v) is 14.5. The van der Waals surface area contributed by atoms with Crippen LogP contribution in [-0.4, -0.2) is 36.3 Å². The summed E-state index contributed by atoms with van der Waals surface area (Å²) in [6.07, 6.45) is -4.41. The molecule has 1 atom stereocenters. The van der Waals surface area contributed by atoms with Crippen LogP contribution in [0.25, 0.3) is 0 Å². The fourth-order valence-electron chi connectivity index (χ4n) is 1.72. The molecule has 1 aromatic rings. The molecule has 0 unspecified atom stereocenters. The summed E-state index contributed by atoms with van der Waals surface area (Å²) in [5.74, 6) is -0.483. The summed E-state index contributed by atoms with van der Waals surface area (Å²) in [6, 6.07) is 4.32. The van der Waals surface area contributed by atoms with Gasteiger partial charge in [-0.3, -0.25) is 10.1 Å². The minimum Gasteiger partial charge on any atom is -0.484 e. The average Bonchev–Trinajstić information content (AvgIpc) is 2.43. The molecule has 0 aromatic heterocycles. The third kappa shape index (κ3) is 8.83. The van der Waals surface area contributed by atoms with Gasteiger partial charge < -0.3 is 15.4 Å². The summed E-state index contributed by atoms with van der Waals surface area (Å²) >= 11 is 0. The standard InChI is InChI=1S/C16H22F3N3O3/c1-10(13(23)21-14(24)22-15(2,3)4)20-11-5-7-12(8-6-11)25-9-16(17,18)19/h5-8,10,20H,9H2,1-4H3,(H2,21,22,23,24)/t10-/m0/s1. The second kappa shape index (κ2) is 8.09. The van der Waals surface area contributed by atoms with Gasteiger partial charge in [-0.25, -0.2) is 4.79 Å². The minimum atomic E-state index is -4.41. The lowest BCUT2D eigenvalue weighted by Gasteiger charge is -2.21. The van der Waals surface area contributed by atoms with E-state index in [1.807, 2.05) is 0 Å². The molecule has 0 fully saturated rings. The van der Waals surface area contributed by atoms with Crippen LogP contribution in [0.5, 0.6) is 5.75 Å². The monoisotopic (exact) mass is 361 g/mol. The number of ether oxygens (including phenoxy) is 1. The first-order valence-electron chi connectivity index (χ1n) is 7.55. The summed E-state index contributed by atoms with van der Waals surface area (Å²) in [5, 5.41) is 7.64. The molecule has 9 heteroatoms. The molecule has 0 saturated heterocycles. The van der Waals surface area contributed by atoms with Gasteiger partial charge in [0, 0.05) is 11.2 Å². The molecule has 0 aliphatic heterocycles. The molecule has 140 valence electrons. The molecule has 0 spiro atoms. The number of hydrogen-bond acceptors (Lipinski definition) is 4. The zero-order valence-electron chi connectivity index (χ0n) is 14.5. The van der Waals surface area contributed by atoms with Gasteiger partial charge in [0.05, 0.1) is 0 Å². The van der Waals surface area contributed by atoms with Gasteiger partial charge in [-0.15, -0.1) is 0 Å². The Morgan fingerprint density at radius 1 is 1.12 bits per heavy atom. The highest BCUT2D eigenvalue weighted by molar-refractivity contribution is 5.98. The SMILES string of the molecule is C[C@H](Nc1ccc(OCC(F)(F)F)cc1)C(=O)NC(=O)NC(C)(C)C. The average molecular weight is 361 g/mol. The van der Waals surface area contributed by atoms with Crippen molar-refractivity contribution < 1.29 is 27.5 Å². The third-order valence-electron chi connectivity index (χ3n) is 2.76. The van der Waals surface area contributed by atoms with Gasteiger partial charge in [0.25, 0.3) is 0 Å². The number of alkyl halides is 3.